The Kier molecular flexibility index (Phi) is 78.8. The molecule has 642 valence electrons. The first-order valence-electron chi connectivity index (χ1n) is 46.0. The number of phosphoric ester groups is 2. The van der Waals surface area contributed by atoms with Crippen molar-refractivity contribution in [3.8, 4) is 0 Å². The molecule has 3 N–H and O–H groups in total. The quantitative estimate of drug-likeness (QED) is 0.0222. The molecule has 0 fully saturated rings. The highest BCUT2D eigenvalue weighted by Crippen LogP contribution is 2.45. The molecule has 0 aliphatic carbocycles. The third-order valence-electron chi connectivity index (χ3n) is 21.3. The van der Waals surface area contributed by atoms with Gasteiger partial charge >= 0.3 is 39.5 Å². The Morgan fingerprint density at radius 3 is 0.704 bits per heavy atom. The van der Waals surface area contributed by atoms with E-state index in [0.717, 1.165) is 102 Å². The summed E-state index contributed by atoms with van der Waals surface area (Å²) in [5.41, 5.74) is 0. The van der Waals surface area contributed by atoms with Crippen molar-refractivity contribution in [2.24, 2.45) is 11.8 Å². The fourth-order valence-corrected chi connectivity index (χ4v) is 15.5. The van der Waals surface area contributed by atoms with E-state index in [-0.39, 0.29) is 25.7 Å². The number of rotatable bonds is 88. The minimum Gasteiger partial charge on any atom is -0.462 e. The largest absolute Gasteiger partial charge is 0.472 e. The summed E-state index contributed by atoms with van der Waals surface area (Å²) < 4.78 is 69.0. The van der Waals surface area contributed by atoms with E-state index in [1.165, 1.54) is 289 Å². The lowest BCUT2D eigenvalue weighted by atomic mass is 9.99. The Hall–Kier alpha value is -1.94. The molecular formula is C89H174O17P2. The lowest BCUT2D eigenvalue weighted by molar-refractivity contribution is -0.161. The zero-order chi connectivity index (χ0) is 79.2. The Labute approximate surface area is 664 Å². The number of esters is 4. The monoisotopic (exact) mass is 1580 g/mol. The lowest BCUT2D eigenvalue weighted by Crippen LogP contribution is -2.30. The van der Waals surface area contributed by atoms with Gasteiger partial charge < -0.3 is 33.8 Å². The number of carbonyl (C=O) groups is 4. The molecule has 0 aliphatic rings. The van der Waals surface area contributed by atoms with Crippen LogP contribution in [-0.4, -0.2) is 96.7 Å². The van der Waals surface area contributed by atoms with Gasteiger partial charge in [-0.05, 0) is 37.5 Å². The molecule has 0 radical (unpaired) electrons. The zero-order valence-corrected chi connectivity index (χ0v) is 73.0. The molecule has 0 rings (SSSR count). The van der Waals surface area contributed by atoms with Crippen molar-refractivity contribution < 1.29 is 80.2 Å². The van der Waals surface area contributed by atoms with Crippen molar-refractivity contribution >= 4 is 39.5 Å². The van der Waals surface area contributed by atoms with E-state index < -0.39 is 97.5 Å². The van der Waals surface area contributed by atoms with Crippen molar-refractivity contribution in [3.63, 3.8) is 0 Å². The number of phosphoric acid groups is 2. The third-order valence-corrected chi connectivity index (χ3v) is 23.2. The Balaban J connectivity index is 5.22. The van der Waals surface area contributed by atoms with Crippen molar-refractivity contribution in [2.45, 2.75) is 496 Å². The summed E-state index contributed by atoms with van der Waals surface area (Å²) in [7, 11) is -9.93. The molecule has 0 heterocycles. The van der Waals surface area contributed by atoms with Gasteiger partial charge in [-0.15, -0.1) is 0 Å². The molecule has 108 heavy (non-hydrogen) atoms. The second-order valence-electron chi connectivity index (χ2n) is 32.7. The van der Waals surface area contributed by atoms with Gasteiger partial charge in [-0.1, -0.05) is 427 Å². The van der Waals surface area contributed by atoms with E-state index in [1.54, 1.807) is 0 Å². The summed E-state index contributed by atoms with van der Waals surface area (Å²) >= 11 is 0. The van der Waals surface area contributed by atoms with E-state index in [1.807, 2.05) is 0 Å². The number of carbonyl (C=O) groups excluding carboxylic acids is 4. The number of aliphatic hydroxyl groups is 1. The van der Waals surface area contributed by atoms with E-state index >= 15 is 0 Å². The number of unbranched alkanes of at least 4 members (excludes halogenated alkanes) is 57. The SMILES string of the molecule is CCCCCCCCCCCCCCCCCCCCCCCC(=O)O[C@H](COC(=O)CCCCCCCCCCCCCCCCCCCCC)COP(=O)(O)OC[C@@H](O)COP(=O)(O)OC[C@@H](COC(=O)CCCCCCCCCC(C)C)OC(=O)CCCCCCCCCCCCCCCCC(C)CC. The molecule has 0 saturated carbocycles. The second-order valence-corrected chi connectivity index (χ2v) is 35.6. The topological polar surface area (TPSA) is 237 Å². The molecule has 0 aromatic rings. The van der Waals surface area contributed by atoms with E-state index in [4.69, 9.17) is 37.0 Å². The molecule has 0 bridgehead atoms. The average molecular weight is 1580 g/mol. The van der Waals surface area contributed by atoms with E-state index in [0.29, 0.717) is 31.6 Å². The first-order chi connectivity index (χ1) is 52.4. The maximum atomic E-state index is 13.2. The Bertz CT molecular complexity index is 2070. The van der Waals surface area contributed by atoms with Gasteiger partial charge in [-0.25, -0.2) is 9.13 Å². The molecule has 0 aromatic heterocycles. The van der Waals surface area contributed by atoms with Gasteiger partial charge in [0.1, 0.15) is 19.3 Å². The van der Waals surface area contributed by atoms with E-state index in [2.05, 4.69) is 41.5 Å². The molecule has 0 saturated heterocycles. The lowest BCUT2D eigenvalue weighted by Gasteiger charge is -2.21. The van der Waals surface area contributed by atoms with Crippen LogP contribution in [0.4, 0.5) is 0 Å². The molecule has 0 aliphatic heterocycles. The average Bonchev–Trinajstić information content (AvgIpc) is 0.903. The van der Waals surface area contributed by atoms with Crippen LogP contribution in [0.1, 0.15) is 478 Å². The third kappa shape index (κ3) is 80.7. The Morgan fingerprint density at radius 2 is 0.472 bits per heavy atom. The molecule has 0 aromatic carbocycles. The molecule has 19 heteroatoms. The molecule has 6 atom stereocenters. The van der Waals surface area contributed by atoms with Crippen LogP contribution in [0.2, 0.25) is 0 Å². The molecule has 0 amide bonds. The molecule has 17 nitrogen and oxygen atoms in total. The fraction of sp³-hybridized carbons (Fsp3) is 0.955. The predicted octanol–water partition coefficient (Wildman–Crippen LogP) is 27.4. The van der Waals surface area contributed by atoms with Crippen LogP contribution < -0.4 is 0 Å². The molecule has 3 unspecified atom stereocenters. The van der Waals surface area contributed by atoms with Crippen LogP contribution >= 0.6 is 15.6 Å². The fourth-order valence-electron chi connectivity index (χ4n) is 13.9. The normalized spacial score (nSPS) is 14.0. The maximum absolute atomic E-state index is 13.2. The second kappa shape index (κ2) is 80.3. The molecular weight excluding hydrogens is 1400 g/mol. The number of hydrogen-bond acceptors (Lipinski definition) is 15. The van der Waals surface area contributed by atoms with Crippen molar-refractivity contribution in [1.29, 1.82) is 0 Å². The van der Waals surface area contributed by atoms with Gasteiger partial charge in [0.2, 0.25) is 0 Å². The van der Waals surface area contributed by atoms with Crippen molar-refractivity contribution in [2.75, 3.05) is 39.6 Å². The van der Waals surface area contributed by atoms with Crippen molar-refractivity contribution in [1.82, 2.24) is 0 Å². The van der Waals surface area contributed by atoms with Gasteiger partial charge in [0, 0.05) is 25.7 Å². The molecule has 0 spiro atoms. The summed E-state index contributed by atoms with van der Waals surface area (Å²) in [6.07, 6.45) is 73.8. The number of ether oxygens (including phenoxy) is 4. The number of aliphatic hydroxyl groups excluding tert-OH is 1. The van der Waals surface area contributed by atoms with Crippen LogP contribution in [0.25, 0.3) is 0 Å². The first kappa shape index (κ1) is 106. The first-order valence-corrected chi connectivity index (χ1v) is 49.0. The Morgan fingerprint density at radius 1 is 0.269 bits per heavy atom. The van der Waals surface area contributed by atoms with Gasteiger partial charge in [0.15, 0.2) is 12.2 Å². The summed E-state index contributed by atoms with van der Waals surface area (Å²) in [6.45, 7) is 9.68. The summed E-state index contributed by atoms with van der Waals surface area (Å²) in [5.74, 6) is -0.550. The van der Waals surface area contributed by atoms with Gasteiger partial charge in [-0.3, -0.25) is 37.3 Å². The van der Waals surface area contributed by atoms with Gasteiger partial charge in [0.05, 0.1) is 26.4 Å². The highest BCUT2D eigenvalue weighted by molar-refractivity contribution is 7.47. The summed E-state index contributed by atoms with van der Waals surface area (Å²) in [4.78, 5) is 73.3. The van der Waals surface area contributed by atoms with Gasteiger partial charge in [-0.2, -0.15) is 0 Å². The minimum absolute atomic E-state index is 0.107. The van der Waals surface area contributed by atoms with Crippen LogP contribution in [-0.2, 0) is 65.4 Å². The van der Waals surface area contributed by atoms with Crippen LogP contribution in [0, 0.1) is 11.8 Å². The summed E-state index contributed by atoms with van der Waals surface area (Å²) in [6, 6.07) is 0. The standard InChI is InChI=1S/C89H174O17P2/c1-7-10-12-14-16-18-20-22-24-26-28-29-31-33-35-40-44-48-54-61-67-73-88(93)105-84(77-99-86(91)71-65-59-53-47-43-39-34-32-30-27-25-23-21-19-17-15-13-11-8-2)79-103-107(95,96)101-75-83(90)76-102-108(97,98)104-80-85(78-100-87(92)72-66-60-56-50-51-57-63-69-81(4)5)106-89(94)74-68-62-55-49-45-41-37-36-38-42-46-52-58-64-70-82(6)9-3/h81-85,90H,7-80H2,1-6H3,(H,95,96)(H,97,98)/t82?,83-,84-,85-/m1/s1. The predicted molar refractivity (Wildman–Crippen MR) is 446 cm³/mol. The highest BCUT2D eigenvalue weighted by Gasteiger charge is 2.31. The highest BCUT2D eigenvalue weighted by atomic mass is 31.2. The van der Waals surface area contributed by atoms with Crippen LogP contribution in [0.15, 0.2) is 0 Å². The minimum atomic E-state index is -4.97. The smallest absolute Gasteiger partial charge is 0.462 e. The summed E-state index contributed by atoms with van der Waals surface area (Å²) in [5, 5.41) is 10.7. The van der Waals surface area contributed by atoms with Crippen LogP contribution in [0.3, 0.4) is 0 Å². The zero-order valence-electron chi connectivity index (χ0n) is 71.2. The van der Waals surface area contributed by atoms with Crippen molar-refractivity contribution in [3.05, 3.63) is 0 Å². The van der Waals surface area contributed by atoms with E-state index in [9.17, 15) is 43.2 Å². The van der Waals surface area contributed by atoms with Gasteiger partial charge in [0.25, 0.3) is 0 Å². The maximum Gasteiger partial charge on any atom is 0.472 e. The van der Waals surface area contributed by atoms with Crippen LogP contribution in [0.5, 0.6) is 0 Å². The number of hydrogen-bond donors (Lipinski definition) is 3.